The van der Waals surface area contributed by atoms with Crippen molar-refractivity contribution in [1.82, 2.24) is 0 Å². The van der Waals surface area contributed by atoms with Crippen molar-refractivity contribution in [1.29, 1.82) is 0 Å². The zero-order valence-corrected chi connectivity index (χ0v) is 10.6. The van der Waals surface area contributed by atoms with E-state index in [9.17, 15) is 8.42 Å². The molecule has 2 atom stereocenters. The fraction of sp³-hybridized carbons (Fsp3) is 1.00. The maximum Gasteiger partial charge on any atom is 0.150 e. The highest BCUT2D eigenvalue weighted by Crippen LogP contribution is 2.30. The van der Waals surface area contributed by atoms with Gasteiger partial charge in [-0.3, -0.25) is 0 Å². The van der Waals surface area contributed by atoms with E-state index >= 15 is 0 Å². The minimum Gasteiger partial charge on any atom is -0.229 e. The first kappa shape index (κ1) is 11.5. The summed E-state index contributed by atoms with van der Waals surface area (Å²) in [5, 5.41) is 0. The summed E-state index contributed by atoms with van der Waals surface area (Å²) in [6.07, 6.45) is 1.88. The van der Waals surface area contributed by atoms with Crippen molar-refractivity contribution in [2.24, 2.45) is 11.8 Å². The fourth-order valence-electron chi connectivity index (χ4n) is 1.85. The van der Waals surface area contributed by atoms with E-state index in [0.29, 0.717) is 28.2 Å². The summed E-state index contributed by atoms with van der Waals surface area (Å²) in [6.45, 7) is 4.25. The summed E-state index contributed by atoms with van der Waals surface area (Å²) in [5.41, 5.74) is 0. The van der Waals surface area contributed by atoms with Crippen LogP contribution in [-0.2, 0) is 9.84 Å². The Morgan fingerprint density at radius 1 is 1.38 bits per heavy atom. The maximum absolute atomic E-state index is 11.4. The highest BCUT2D eigenvalue weighted by atomic mass is 79.9. The number of rotatable bonds is 2. The average molecular weight is 269 g/mol. The highest BCUT2D eigenvalue weighted by molar-refractivity contribution is 9.09. The van der Waals surface area contributed by atoms with Gasteiger partial charge in [-0.05, 0) is 24.7 Å². The van der Waals surface area contributed by atoms with Gasteiger partial charge in [0.05, 0.1) is 11.5 Å². The second-order valence-electron chi connectivity index (χ2n) is 4.21. The molecule has 1 fully saturated rings. The summed E-state index contributed by atoms with van der Waals surface area (Å²) in [6, 6.07) is 0. The lowest BCUT2D eigenvalue weighted by Gasteiger charge is -2.28. The molecule has 0 aromatic rings. The van der Waals surface area contributed by atoms with Gasteiger partial charge in [-0.15, -0.1) is 0 Å². The Hall–Kier alpha value is 0.430. The lowest BCUT2D eigenvalue weighted by Crippen LogP contribution is -2.32. The van der Waals surface area contributed by atoms with Gasteiger partial charge in [0, 0.05) is 4.83 Å². The summed E-state index contributed by atoms with van der Waals surface area (Å²) in [4.78, 5) is 0.350. The van der Waals surface area contributed by atoms with Gasteiger partial charge >= 0.3 is 0 Å². The molecule has 13 heavy (non-hydrogen) atoms. The normalized spacial score (nSPS) is 30.3. The summed E-state index contributed by atoms with van der Waals surface area (Å²) in [5.74, 6) is 1.60. The van der Waals surface area contributed by atoms with Crippen LogP contribution in [0.4, 0.5) is 0 Å². The third kappa shape index (κ3) is 3.24. The Morgan fingerprint density at radius 3 is 2.46 bits per heavy atom. The number of halogens is 1. The Labute approximate surface area is 89.1 Å². The zero-order chi connectivity index (χ0) is 10.1. The van der Waals surface area contributed by atoms with Crippen LogP contribution >= 0.6 is 15.9 Å². The van der Waals surface area contributed by atoms with Crippen molar-refractivity contribution in [2.75, 3.05) is 11.5 Å². The summed E-state index contributed by atoms with van der Waals surface area (Å²) < 4.78 is 22.7. The minimum absolute atomic E-state index is 0.318. The van der Waals surface area contributed by atoms with Crippen LogP contribution in [-0.4, -0.2) is 24.8 Å². The van der Waals surface area contributed by atoms with Crippen LogP contribution in [0.2, 0.25) is 0 Å². The molecule has 0 aromatic heterocycles. The van der Waals surface area contributed by atoms with Crippen molar-refractivity contribution in [3.63, 3.8) is 0 Å². The zero-order valence-electron chi connectivity index (χ0n) is 8.16. The first-order chi connectivity index (χ1) is 5.92. The third-order valence-electron chi connectivity index (χ3n) is 2.59. The van der Waals surface area contributed by atoms with Gasteiger partial charge in [0.1, 0.15) is 0 Å². The van der Waals surface area contributed by atoms with Crippen LogP contribution in [0.3, 0.4) is 0 Å². The maximum atomic E-state index is 11.4. The van der Waals surface area contributed by atoms with Crippen molar-refractivity contribution in [2.45, 2.75) is 31.5 Å². The van der Waals surface area contributed by atoms with Crippen molar-refractivity contribution >= 4 is 25.8 Å². The molecule has 1 heterocycles. The lowest BCUT2D eigenvalue weighted by molar-refractivity contribution is 0.418. The van der Waals surface area contributed by atoms with Crippen LogP contribution in [0.15, 0.2) is 0 Å². The quantitative estimate of drug-likeness (QED) is 0.720. The monoisotopic (exact) mass is 268 g/mol. The van der Waals surface area contributed by atoms with Crippen LogP contribution in [0.1, 0.15) is 26.7 Å². The molecule has 0 radical (unpaired) electrons. The Balaban J connectivity index is 2.62. The molecule has 0 saturated carbocycles. The molecular weight excluding hydrogens is 252 g/mol. The molecule has 0 amide bonds. The molecule has 0 spiro atoms. The first-order valence-corrected chi connectivity index (χ1v) is 7.50. The van der Waals surface area contributed by atoms with Gasteiger partial charge in [-0.1, -0.05) is 29.8 Å². The van der Waals surface area contributed by atoms with Gasteiger partial charge in [0.25, 0.3) is 0 Å². The van der Waals surface area contributed by atoms with Crippen LogP contribution < -0.4 is 0 Å². The predicted molar refractivity (Wildman–Crippen MR) is 58.9 cm³/mol. The van der Waals surface area contributed by atoms with Gasteiger partial charge in [0.15, 0.2) is 9.84 Å². The summed E-state index contributed by atoms with van der Waals surface area (Å²) in [7, 11) is -2.74. The second kappa shape index (κ2) is 4.30. The number of alkyl halides is 1. The van der Waals surface area contributed by atoms with Gasteiger partial charge in [-0.25, -0.2) is 8.42 Å². The Kier molecular flexibility index (Phi) is 3.81. The van der Waals surface area contributed by atoms with Crippen molar-refractivity contribution in [3.05, 3.63) is 0 Å². The average Bonchev–Trinajstić information content (AvgIpc) is 2.01. The molecule has 0 aliphatic carbocycles. The standard InChI is InChI=1S/C9H17BrO2S/c1-7(2)9(10)8-4-3-5-13(11,12)6-8/h7-9H,3-6H2,1-2H3. The van der Waals surface area contributed by atoms with E-state index < -0.39 is 9.84 Å². The Morgan fingerprint density at radius 2 is 2.00 bits per heavy atom. The molecule has 78 valence electrons. The second-order valence-corrected chi connectivity index (χ2v) is 7.49. The molecule has 0 N–H and O–H groups in total. The number of hydrogen-bond donors (Lipinski definition) is 0. The molecule has 1 aliphatic heterocycles. The molecular formula is C9H17BrO2S. The van der Waals surface area contributed by atoms with E-state index in [1.807, 2.05) is 0 Å². The lowest BCUT2D eigenvalue weighted by atomic mass is 9.94. The fourth-order valence-corrected chi connectivity index (χ4v) is 4.35. The van der Waals surface area contributed by atoms with Crippen LogP contribution in [0.25, 0.3) is 0 Å². The molecule has 2 unspecified atom stereocenters. The van der Waals surface area contributed by atoms with Gasteiger partial charge in [-0.2, -0.15) is 0 Å². The van der Waals surface area contributed by atoms with E-state index in [1.165, 1.54) is 0 Å². The molecule has 1 aliphatic rings. The molecule has 1 rings (SSSR count). The van der Waals surface area contributed by atoms with E-state index in [4.69, 9.17) is 0 Å². The molecule has 2 nitrogen and oxygen atoms in total. The van der Waals surface area contributed by atoms with E-state index in [2.05, 4.69) is 29.8 Å². The van der Waals surface area contributed by atoms with Gasteiger partial charge in [0.2, 0.25) is 0 Å². The topological polar surface area (TPSA) is 34.1 Å². The van der Waals surface area contributed by atoms with Crippen molar-refractivity contribution in [3.8, 4) is 0 Å². The van der Waals surface area contributed by atoms with Gasteiger partial charge < -0.3 is 0 Å². The van der Waals surface area contributed by atoms with Crippen LogP contribution in [0.5, 0.6) is 0 Å². The number of hydrogen-bond acceptors (Lipinski definition) is 2. The van der Waals surface area contributed by atoms with E-state index in [0.717, 1.165) is 12.8 Å². The molecule has 4 heteroatoms. The van der Waals surface area contributed by atoms with E-state index in [-0.39, 0.29) is 0 Å². The Bertz CT molecular complexity index is 259. The number of sulfone groups is 1. The molecule has 0 aromatic carbocycles. The first-order valence-electron chi connectivity index (χ1n) is 4.77. The molecule has 0 bridgehead atoms. The highest BCUT2D eigenvalue weighted by Gasteiger charge is 2.30. The van der Waals surface area contributed by atoms with E-state index in [1.54, 1.807) is 0 Å². The molecule has 1 saturated heterocycles. The largest absolute Gasteiger partial charge is 0.229 e. The van der Waals surface area contributed by atoms with Crippen LogP contribution in [0, 0.1) is 11.8 Å². The van der Waals surface area contributed by atoms with Crippen molar-refractivity contribution < 1.29 is 8.42 Å². The smallest absolute Gasteiger partial charge is 0.150 e. The predicted octanol–water partition coefficient (Wildman–Crippen LogP) is 2.23. The SMILES string of the molecule is CC(C)C(Br)C1CCCS(=O)(=O)C1. The third-order valence-corrected chi connectivity index (χ3v) is 6.24. The summed E-state index contributed by atoms with van der Waals surface area (Å²) >= 11 is 3.59. The minimum atomic E-state index is -2.74.